The maximum absolute atomic E-state index is 12.6. The van der Waals surface area contributed by atoms with Crippen molar-refractivity contribution >= 4 is 34.5 Å². The van der Waals surface area contributed by atoms with E-state index in [1.165, 1.54) is 6.07 Å². The summed E-state index contributed by atoms with van der Waals surface area (Å²) >= 11 is 1.14. The molecule has 1 aliphatic rings. The smallest absolute Gasteiger partial charge is 0.344 e. The molecule has 1 heterocycles. The molecule has 4 N–H and O–H groups in total. The predicted octanol–water partition coefficient (Wildman–Crippen LogP) is 3.97. The van der Waals surface area contributed by atoms with E-state index < -0.39 is 5.97 Å². The number of carbonyl (C=O) groups is 1. The number of aliphatic hydroxyl groups is 1. The van der Waals surface area contributed by atoms with Crippen LogP contribution in [0.2, 0.25) is 0 Å². The maximum atomic E-state index is 12.6. The Morgan fingerprint density at radius 3 is 2.26 bits per heavy atom. The molecule has 1 aliphatic heterocycles. The van der Waals surface area contributed by atoms with E-state index in [2.05, 4.69) is 4.99 Å². The molecule has 0 radical (unpaired) electrons. The molecule has 0 spiro atoms. The van der Waals surface area contributed by atoms with Crippen molar-refractivity contribution in [2.24, 2.45) is 10.7 Å². The first kappa shape index (κ1) is 30.2. The number of phenolic OH excluding ortho intramolecular Hbond substituents is 1. The molecule has 0 bridgehead atoms. The second kappa shape index (κ2) is 16.6. The average Bonchev–Trinajstić information content (AvgIpc) is 3.23. The fraction of sp³-hybridized carbons (Fsp3) is 0.357. The molecular weight excluding hydrogens is 524 g/mol. The van der Waals surface area contributed by atoms with E-state index in [1.54, 1.807) is 37.3 Å². The van der Waals surface area contributed by atoms with Gasteiger partial charge in [0.2, 0.25) is 0 Å². The van der Waals surface area contributed by atoms with Gasteiger partial charge in [-0.25, -0.2) is 9.79 Å². The van der Waals surface area contributed by atoms with Gasteiger partial charge in [0.05, 0.1) is 56.8 Å². The number of aliphatic imine (C=N–C) groups is 1. The minimum atomic E-state index is -0.655. The third kappa shape index (κ3) is 9.72. The number of carbonyl (C=O) groups excluding carboxylic acids is 1. The van der Waals surface area contributed by atoms with Crippen molar-refractivity contribution in [2.45, 2.75) is 6.92 Å². The molecule has 0 amide bonds. The lowest BCUT2D eigenvalue weighted by atomic mass is 10.1. The molecule has 0 aliphatic carbocycles. The standard InChI is InChI=1S/C28H34N2O8S/c1-2-37-28(33)25-26(32)24(39-27(25)30-21-6-4-3-5-7-21)19-20-8-9-23(22(31)18-20)38-17-16-36-15-14-35-13-12-34-11-10-29/h3-9,18-19,31-32H,2,10-17,29H2,1H3/b24-19-,30-27?. The number of nitrogens with zero attached hydrogens (tertiary/aromatic N) is 1. The van der Waals surface area contributed by atoms with Crippen LogP contribution in [0.5, 0.6) is 11.5 Å². The van der Waals surface area contributed by atoms with E-state index in [1.807, 2.05) is 18.2 Å². The van der Waals surface area contributed by atoms with Crippen LogP contribution in [0.3, 0.4) is 0 Å². The molecule has 2 aromatic carbocycles. The molecule has 0 fully saturated rings. The summed E-state index contributed by atoms with van der Waals surface area (Å²) in [7, 11) is 0. The van der Waals surface area contributed by atoms with E-state index in [-0.39, 0.29) is 30.3 Å². The second-order valence-electron chi connectivity index (χ2n) is 8.01. The van der Waals surface area contributed by atoms with Crippen molar-refractivity contribution in [2.75, 3.05) is 59.4 Å². The first-order valence-electron chi connectivity index (χ1n) is 12.6. The van der Waals surface area contributed by atoms with Crippen LogP contribution in [0.4, 0.5) is 5.69 Å². The van der Waals surface area contributed by atoms with Crippen molar-refractivity contribution in [1.82, 2.24) is 0 Å². The first-order valence-corrected chi connectivity index (χ1v) is 13.4. The van der Waals surface area contributed by atoms with Gasteiger partial charge in [0.1, 0.15) is 23.0 Å². The van der Waals surface area contributed by atoms with Crippen molar-refractivity contribution in [3.8, 4) is 11.5 Å². The van der Waals surface area contributed by atoms with Crippen LogP contribution in [0.1, 0.15) is 12.5 Å². The third-order valence-electron chi connectivity index (χ3n) is 5.13. The third-order valence-corrected chi connectivity index (χ3v) is 6.15. The van der Waals surface area contributed by atoms with Crippen LogP contribution in [0.25, 0.3) is 6.08 Å². The first-order chi connectivity index (χ1) is 19.0. The van der Waals surface area contributed by atoms with Gasteiger partial charge in [0.15, 0.2) is 11.5 Å². The second-order valence-corrected chi connectivity index (χ2v) is 9.04. The van der Waals surface area contributed by atoms with E-state index in [9.17, 15) is 15.0 Å². The summed E-state index contributed by atoms with van der Waals surface area (Å²) in [5.74, 6) is -0.651. The highest BCUT2D eigenvalue weighted by atomic mass is 32.2. The van der Waals surface area contributed by atoms with Crippen molar-refractivity contribution in [3.63, 3.8) is 0 Å². The fourth-order valence-electron chi connectivity index (χ4n) is 3.34. The van der Waals surface area contributed by atoms with Crippen LogP contribution in [0.15, 0.2) is 69.8 Å². The van der Waals surface area contributed by atoms with Gasteiger partial charge in [-0.1, -0.05) is 36.0 Å². The Morgan fingerprint density at radius 1 is 0.949 bits per heavy atom. The highest BCUT2D eigenvalue weighted by Crippen LogP contribution is 2.40. The number of phenols is 1. The van der Waals surface area contributed by atoms with Crippen molar-refractivity contribution in [1.29, 1.82) is 0 Å². The van der Waals surface area contributed by atoms with Gasteiger partial charge in [-0.15, -0.1) is 0 Å². The lowest BCUT2D eigenvalue weighted by Gasteiger charge is -2.10. The normalized spacial score (nSPS) is 15.3. The van der Waals surface area contributed by atoms with Crippen LogP contribution >= 0.6 is 11.8 Å². The Hall–Kier alpha value is -3.35. The zero-order chi connectivity index (χ0) is 27.9. The number of hydrogen-bond donors (Lipinski definition) is 3. The minimum Gasteiger partial charge on any atom is -0.506 e. The number of esters is 1. The quantitative estimate of drug-likeness (QED) is 0.205. The molecule has 3 rings (SSSR count). The molecular formula is C28H34N2O8S. The molecule has 11 heteroatoms. The monoisotopic (exact) mass is 558 g/mol. The van der Waals surface area contributed by atoms with E-state index in [0.717, 1.165) is 11.8 Å². The molecule has 0 saturated heterocycles. The Balaban J connectivity index is 1.56. The van der Waals surface area contributed by atoms with Gasteiger partial charge in [-0.05, 0) is 42.8 Å². The molecule has 0 aromatic heterocycles. The largest absolute Gasteiger partial charge is 0.506 e. The summed E-state index contributed by atoms with van der Waals surface area (Å²) in [6.45, 7) is 5.26. The Morgan fingerprint density at radius 2 is 1.62 bits per heavy atom. The fourth-order valence-corrected chi connectivity index (χ4v) is 4.38. The number of aromatic hydroxyl groups is 1. The number of nitrogens with two attached hydrogens (primary N) is 1. The zero-order valence-electron chi connectivity index (χ0n) is 21.8. The predicted molar refractivity (Wildman–Crippen MR) is 151 cm³/mol. The van der Waals surface area contributed by atoms with Crippen LogP contribution in [-0.2, 0) is 23.7 Å². The van der Waals surface area contributed by atoms with Crippen LogP contribution in [-0.4, -0.2) is 80.6 Å². The van der Waals surface area contributed by atoms with E-state index in [4.69, 9.17) is 29.4 Å². The number of aliphatic hydroxyl groups excluding tert-OH is 1. The molecule has 210 valence electrons. The summed E-state index contributed by atoms with van der Waals surface area (Å²) in [6, 6.07) is 14.0. The van der Waals surface area contributed by atoms with Crippen LogP contribution < -0.4 is 10.5 Å². The van der Waals surface area contributed by atoms with Gasteiger partial charge >= 0.3 is 5.97 Å². The molecule has 2 aromatic rings. The highest BCUT2D eigenvalue weighted by Gasteiger charge is 2.33. The summed E-state index contributed by atoms with van der Waals surface area (Å²) < 4.78 is 26.8. The number of thioether (sulfide) groups is 1. The Labute approximate surface area is 232 Å². The SMILES string of the molecule is CCOC(=O)C1=C(O)/C(=C/c2ccc(OCCOCCOCCOCCN)c(O)c2)SC1=Nc1ccccc1. The summed E-state index contributed by atoms with van der Waals surface area (Å²) in [5, 5.41) is 21.6. The van der Waals surface area contributed by atoms with Gasteiger partial charge in [-0.2, -0.15) is 0 Å². The van der Waals surface area contributed by atoms with Gasteiger partial charge in [-0.3, -0.25) is 0 Å². The molecule has 10 nitrogen and oxygen atoms in total. The minimum absolute atomic E-state index is 0.00598. The Bertz CT molecular complexity index is 1170. The van der Waals surface area contributed by atoms with Crippen LogP contribution in [0, 0.1) is 0 Å². The number of para-hydroxylation sites is 1. The van der Waals surface area contributed by atoms with Gasteiger partial charge in [0.25, 0.3) is 0 Å². The number of ether oxygens (including phenoxy) is 5. The number of benzene rings is 2. The summed E-state index contributed by atoms with van der Waals surface area (Å²) in [6.07, 6.45) is 1.65. The maximum Gasteiger partial charge on any atom is 0.344 e. The topological polar surface area (TPSA) is 142 Å². The molecule has 39 heavy (non-hydrogen) atoms. The van der Waals surface area contributed by atoms with Gasteiger partial charge < -0.3 is 39.6 Å². The molecule has 0 atom stereocenters. The number of hydrogen-bond acceptors (Lipinski definition) is 11. The highest BCUT2D eigenvalue weighted by molar-refractivity contribution is 8.18. The lowest BCUT2D eigenvalue weighted by molar-refractivity contribution is -0.138. The molecule has 0 saturated carbocycles. The summed E-state index contributed by atoms with van der Waals surface area (Å²) in [5.41, 5.74) is 6.58. The summed E-state index contributed by atoms with van der Waals surface area (Å²) in [4.78, 5) is 17.5. The zero-order valence-corrected chi connectivity index (χ0v) is 22.7. The van der Waals surface area contributed by atoms with Gasteiger partial charge in [0, 0.05) is 6.54 Å². The van der Waals surface area contributed by atoms with Crippen molar-refractivity contribution in [3.05, 3.63) is 70.3 Å². The lowest BCUT2D eigenvalue weighted by Crippen LogP contribution is -2.14. The van der Waals surface area contributed by atoms with E-state index in [0.29, 0.717) is 73.1 Å². The van der Waals surface area contributed by atoms with Crippen molar-refractivity contribution < 1.29 is 38.7 Å². The van der Waals surface area contributed by atoms with E-state index >= 15 is 0 Å². The average molecular weight is 559 g/mol. The number of rotatable bonds is 16. The molecule has 0 unspecified atom stereocenters. The Kier molecular flexibility index (Phi) is 12.8.